The fraction of sp³-hybridized carbons (Fsp3) is 0.412. The van der Waals surface area contributed by atoms with E-state index in [2.05, 4.69) is 33.2 Å². The minimum Gasteiger partial charge on any atom is -0.454 e. The highest BCUT2D eigenvalue weighted by Gasteiger charge is 2.38. The van der Waals surface area contributed by atoms with Crippen molar-refractivity contribution in [3.05, 3.63) is 48.3 Å². The molecule has 3 atom stereocenters. The molecule has 2 saturated heterocycles. The summed E-state index contributed by atoms with van der Waals surface area (Å²) in [4.78, 5) is 12.2. The van der Waals surface area contributed by atoms with Crippen LogP contribution in [-0.4, -0.2) is 41.2 Å². The van der Waals surface area contributed by atoms with Crippen molar-refractivity contribution in [2.45, 2.75) is 25.4 Å². The highest BCUT2D eigenvalue weighted by Crippen LogP contribution is 2.19. The van der Waals surface area contributed by atoms with Crippen LogP contribution in [0.4, 0.5) is 0 Å². The van der Waals surface area contributed by atoms with Crippen molar-refractivity contribution in [3.63, 3.8) is 0 Å². The first-order valence-electron chi connectivity index (χ1n) is 8.28. The summed E-state index contributed by atoms with van der Waals surface area (Å²) in [7, 11) is 0. The number of ether oxygens (including phenoxy) is 1. The van der Waals surface area contributed by atoms with Gasteiger partial charge in [0.1, 0.15) is 0 Å². The van der Waals surface area contributed by atoms with Gasteiger partial charge in [0, 0.05) is 12.6 Å². The zero-order chi connectivity index (χ0) is 16.4. The maximum Gasteiger partial charge on any atom is 0.230 e. The molecule has 1 amide bonds. The van der Waals surface area contributed by atoms with Crippen molar-refractivity contribution in [2.75, 3.05) is 13.1 Å². The molecule has 3 unspecified atom stereocenters. The van der Waals surface area contributed by atoms with Crippen LogP contribution in [0.2, 0.25) is 0 Å². The maximum absolute atomic E-state index is 12.2. The molecule has 3 N–H and O–H groups in total. The molecule has 2 aromatic rings. The van der Waals surface area contributed by atoms with Gasteiger partial charge >= 0.3 is 0 Å². The molecule has 2 fully saturated rings. The van der Waals surface area contributed by atoms with Gasteiger partial charge in [0.25, 0.3) is 0 Å². The Morgan fingerprint density at radius 1 is 1.29 bits per heavy atom. The molecule has 7 heteroatoms. The number of nitrogens with zero attached hydrogens (tertiary/aromatic N) is 2. The predicted molar refractivity (Wildman–Crippen MR) is 88.2 cm³/mol. The summed E-state index contributed by atoms with van der Waals surface area (Å²) < 4.78 is 7.66. The summed E-state index contributed by atoms with van der Waals surface area (Å²) in [5.74, 6) is 0.708. The molecule has 0 bridgehead atoms. The number of benzene rings is 1. The van der Waals surface area contributed by atoms with Crippen molar-refractivity contribution in [1.82, 2.24) is 25.7 Å². The van der Waals surface area contributed by atoms with E-state index in [1.807, 2.05) is 29.1 Å². The third-order valence-corrected chi connectivity index (χ3v) is 4.51. The third kappa shape index (κ3) is 3.27. The molecule has 0 aliphatic carbocycles. The lowest BCUT2D eigenvalue weighted by Gasteiger charge is -2.39. The first kappa shape index (κ1) is 15.2. The van der Waals surface area contributed by atoms with Crippen LogP contribution >= 0.6 is 0 Å². The molecular weight excluding hydrogens is 306 g/mol. The van der Waals surface area contributed by atoms with Gasteiger partial charge in [0.15, 0.2) is 5.75 Å². The van der Waals surface area contributed by atoms with Crippen molar-refractivity contribution in [1.29, 1.82) is 0 Å². The Labute approximate surface area is 140 Å². The first-order valence-corrected chi connectivity index (χ1v) is 8.28. The van der Waals surface area contributed by atoms with Gasteiger partial charge in [-0.2, -0.15) is 5.10 Å². The Hall–Kier alpha value is -2.38. The molecule has 1 aromatic heterocycles. The normalized spacial score (nSPS) is 26.5. The lowest BCUT2D eigenvalue weighted by molar-refractivity contribution is -0.134. The van der Waals surface area contributed by atoms with Gasteiger partial charge in [-0.15, -0.1) is 0 Å². The van der Waals surface area contributed by atoms with E-state index in [1.165, 1.54) is 5.56 Å². The minimum absolute atomic E-state index is 0.0203. The molecule has 2 aliphatic heterocycles. The second-order valence-corrected chi connectivity index (χ2v) is 6.24. The molecule has 0 spiro atoms. The van der Waals surface area contributed by atoms with E-state index >= 15 is 0 Å². The zero-order valence-corrected chi connectivity index (χ0v) is 13.3. The molecule has 126 valence electrons. The highest BCUT2D eigenvalue weighted by molar-refractivity contribution is 5.80. The molecule has 7 nitrogen and oxygen atoms in total. The monoisotopic (exact) mass is 327 g/mol. The van der Waals surface area contributed by atoms with Gasteiger partial charge in [-0.25, -0.2) is 0 Å². The van der Waals surface area contributed by atoms with Gasteiger partial charge in [-0.05, 0) is 18.5 Å². The van der Waals surface area contributed by atoms with Crippen LogP contribution in [0.1, 0.15) is 12.0 Å². The lowest BCUT2D eigenvalue weighted by Crippen LogP contribution is -2.67. The van der Waals surface area contributed by atoms with Crippen LogP contribution in [-0.2, 0) is 11.3 Å². The Morgan fingerprint density at radius 3 is 3.04 bits per heavy atom. The number of fused-ring (bicyclic) bond motifs is 1. The summed E-state index contributed by atoms with van der Waals surface area (Å²) in [5, 5.41) is 13.8. The standard InChI is InChI=1S/C17H21N5O2/c23-16-14-6-7-18-9-15(14)20-17(21-16)24-13-8-19-22(11-13)10-12-4-2-1-3-5-12/h1-5,8,11,14-15,17-18,20H,6-7,9-10H2,(H,21,23). The van der Waals surface area contributed by atoms with E-state index in [1.54, 1.807) is 6.20 Å². The van der Waals surface area contributed by atoms with Gasteiger partial charge in [-0.3, -0.25) is 14.8 Å². The number of nitrogens with one attached hydrogen (secondary N) is 3. The lowest BCUT2D eigenvalue weighted by atomic mass is 9.90. The van der Waals surface area contributed by atoms with E-state index in [0.29, 0.717) is 12.3 Å². The molecule has 24 heavy (non-hydrogen) atoms. The second-order valence-electron chi connectivity index (χ2n) is 6.24. The number of rotatable bonds is 4. The van der Waals surface area contributed by atoms with Crippen LogP contribution < -0.4 is 20.7 Å². The van der Waals surface area contributed by atoms with Gasteiger partial charge in [0.05, 0.1) is 24.9 Å². The van der Waals surface area contributed by atoms with Crippen LogP contribution in [0, 0.1) is 5.92 Å². The molecule has 4 rings (SSSR count). The van der Waals surface area contributed by atoms with Crippen LogP contribution in [0.5, 0.6) is 5.75 Å². The molecule has 0 saturated carbocycles. The van der Waals surface area contributed by atoms with Gasteiger partial charge in [-0.1, -0.05) is 30.3 Å². The second kappa shape index (κ2) is 6.62. The number of aromatic nitrogens is 2. The average Bonchev–Trinajstić information content (AvgIpc) is 3.03. The SMILES string of the molecule is O=C1NC(Oc2cnn(Cc3ccccc3)c2)NC2CNCCC12. The third-order valence-electron chi connectivity index (χ3n) is 4.51. The number of hydrogen-bond acceptors (Lipinski definition) is 5. The number of hydrogen-bond donors (Lipinski definition) is 3. The number of carbonyl (C=O) groups excluding carboxylic acids is 1. The highest BCUT2D eigenvalue weighted by atomic mass is 16.5. The Morgan fingerprint density at radius 2 is 2.17 bits per heavy atom. The van der Waals surface area contributed by atoms with Crippen LogP contribution in [0.25, 0.3) is 0 Å². The minimum atomic E-state index is -0.520. The summed E-state index contributed by atoms with van der Waals surface area (Å²) in [6.45, 7) is 2.35. The predicted octanol–water partition coefficient (Wildman–Crippen LogP) is 0.291. The fourth-order valence-electron chi connectivity index (χ4n) is 3.28. The number of piperidine rings is 1. The zero-order valence-electron chi connectivity index (χ0n) is 13.3. The summed E-state index contributed by atoms with van der Waals surface area (Å²) in [5.41, 5.74) is 1.17. The van der Waals surface area contributed by atoms with E-state index in [-0.39, 0.29) is 17.9 Å². The van der Waals surface area contributed by atoms with Crippen molar-refractivity contribution in [3.8, 4) is 5.75 Å². The summed E-state index contributed by atoms with van der Waals surface area (Å²) >= 11 is 0. The molecule has 3 heterocycles. The Bertz CT molecular complexity index is 702. The van der Waals surface area contributed by atoms with Crippen molar-refractivity contribution in [2.24, 2.45) is 5.92 Å². The molecular formula is C17H21N5O2. The topological polar surface area (TPSA) is 80.2 Å². The van der Waals surface area contributed by atoms with Crippen LogP contribution in [0.3, 0.4) is 0 Å². The number of carbonyl (C=O) groups is 1. The average molecular weight is 327 g/mol. The van der Waals surface area contributed by atoms with Crippen LogP contribution in [0.15, 0.2) is 42.7 Å². The van der Waals surface area contributed by atoms with E-state index in [9.17, 15) is 4.79 Å². The summed E-state index contributed by atoms with van der Waals surface area (Å²) in [6, 6.07) is 10.2. The first-order chi connectivity index (χ1) is 11.8. The summed E-state index contributed by atoms with van der Waals surface area (Å²) in [6.07, 6.45) is 3.84. The smallest absolute Gasteiger partial charge is 0.230 e. The molecule has 2 aliphatic rings. The maximum atomic E-state index is 12.2. The Kier molecular flexibility index (Phi) is 4.18. The van der Waals surface area contributed by atoms with Crippen molar-refractivity contribution < 1.29 is 9.53 Å². The van der Waals surface area contributed by atoms with Gasteiger partial charge in [0.2, 0.25) is 12.3 Å². The molecule has 1 aromatic carbocycles. The van der Waals surface area contributed by atoms with Crippen molar-refractivity contribution >= 4 is 5.91 Å². The van der Waals surface area contributed by atoms with E-state index in [4.69, 9.17) is 4.74 Å². The molecule has 0 radical (unpaired) electrons. The Balaban J connectivity index is 1.38. The van der Waals surface area contributed by atoms with Gasteiger partial charge < -0.3 is 15.4 Å². The van der Waals surface area contributed by atoms with E-state index < -0.39 is 6.35 Å². The van der Waals surface area contributed by atoms with E-state index in [0.717, 1.165) is 19.5 Å². The quantitative estimate of drug-likeness (QED) is 0.752. The fourth-order valence-corrected chi connectivity index (χ4v) is 3.28. The number of amides is 1. The largest absolute Gasteiger partial charge is 0.454 e.